The first kappa shape index (κ1) is 17.4. The number of carbonyl (C=O) groups excluding carboxylic acids is 2. The number of benzene rings is 1. The van der Waals surface area contributed by atoms with E-state index >= 15 is 0 Å². The molecule has 0 saturated carbocycles. The van der Waals surface area contributed by atoms with E-state index < -0.39 is 6.04 Å². The van der Waals surface area contributed by atoms with Crippen LogP contribution in [0.4, 0.5) is 0 Å². The summed E-state index contributed by atoms with van der Waals surface area (Å²) < 4.78 is 4.96. The lowest BCUT2D eigenvalue weighted by Crippen LogP contribution is -2.39. The van der Waals surface area contributed by atoms with Crippen molar-refractivity contribution in [2.75, 3.05) is 13.2 Å². The van der Waals surface area contributed by atoms with Crippen LogP contribution in [0.2, 0.25) is 0 Å². The fourth-order valence-corrected chi connectivity index (χ4v) is 2.24. The zero-order chi connectivity index (χ0) is 15.8. The average Bonchev–Trinajstić information content (AvgIpc) is 2.43. The topological polar surface area (TPSA) is 55.4 Å². The van der Waals surface area contributed by atoms with Gasteiger partial charge in [0.15, 0.2) is 5.78 Å². The van der Waals surface area contributed by atoms with Gasteiger partial charge in [0.1, 0.15) is 0 Å². The van der Waals surface area contributed by atoms with Gasteiger partial charge in [0.25, 0.3) is 0 Å². The fourth-order valence-electron chi connectivity index (χ4n) is 2.24. The molecule has 1 aromatic carbocycles. The number of esters is 1. The number of hydrogen-bond acceptors (Lipinski definition) is 4. The molecule has 0 aliphatic carbocycles. The summed E-state index contributed by atoms with van der Waals surface area (Å²) in [6.45, 7) is 8.72. The summed E-state index contributed by atoms with van der Waals surface area (Å²) in [4.78, 5) is 24.3. The molecule has 0 aliphatic rings. The number of aryl methyl sites for hydroxylation is 2. The van der Waals surface area contributed by atoms with Crippen LogP contribution in [-0.2, 0) is 9.53 Å². The minimum absolute atomic E-state index is 0.0472. The maximum atomic E-state index is 12.7. The Morgan fingerprint density at radius 1 is 1.24 bits per heavy atom. The van der Waals surface area contributed by atoms with Crippen LogP contribution in [0.3, 0.4) is 0 Å². The van der Waals surface area contributed by atoms with Crippen molar-refractivity contribution in [1.82, 2.24) is 5.32 Å². The van der Waals surface area contributed by atoms with Gasteiger partial charge in [-0.15, -0.1) is 0 Å². The van der Waals surface area contributed by atoms with Crippen LogP contribution in [0, 0.1) is 13.8 Å². The van der Waals surface area contributed by atoms with E-state index in [1.165, 1.54) is 0 Å². The molecule has 1 N–H and O–H groups in total. The van der Waals surface area contributed by atoms with Crippen LogP contribution in [0.5, 0.6) is 0 Å². The molecule has 1 rings (SSSR count). The summed E-state index contributed by atoms with van der Waals surface area (Å²) in [6.07, 6.45) is 0.972. The van der Waals surface area contributed by atoms with Crippen molar-refractivity contribution in [3.05, 3.63) is 34.9 Å². The van der Waals surface area contributed by atoms with Crippen LogP contribution in [0.1, 0.15) is 48.2 Å². The average molecular weight is 291 g/mol. The molecule has 1 aromatic rings. The third-order valence-electron chi connectivity index (χ3n) is 3.28. The number of rotatable bonds is 8. The first-order valence-corrected chi connectivity index (χ1v) is 7.50. The quantitative estimate of drug-likeness (QED) is 0.591. The van der Waals surface area contributed by atoms with Crippen LogP contribution < -0.4 is 5.32 Å². The Bertz CT molecular complexity index is 497. The predicted octanol–water partition coefficient (Wildman–Crippen LogP) is 2.81. The lowest BCUT2D eigenvalue weighted by Gasteiger charge is -2.18. The molecule has 0 bridgehead atoms. The van der Waals surface area contributed by atoms with Gasteiger partial charge in [0, 0.05) is 5.56 Å². The van der Waals surface area contributed by atoms with E-state index in [0.717, 1.165) is 17.5 Å². The molecular weight excluding hydrogens is 266 g/mol. The van der Waals surface area contributed by atoms with E-state index in [2.05, 4.69) is 5.32 Å². The highest BCUT2D eigenvalue weighted by Crippen LogP contribution is 2.14. The molecule has 0 spiro atoms. The van der Waals surface area contributed by atoms with Gasteiger partial charge in [0.2, 0.25) is 0 Å². The second kappa shape index (κ2) is 8.57. The lowest BCUT2D eigenvalue weighted by atomic mass is 9.96. The van der Waals surface area contributed by atoms with Crippen molar-refractivity contribution in [3.63, 3.8) is 0 Å². The molecule has 0 amide bonds. The lowest BCUT2D eigenvalue weighted by molar-refractivity contribution is -0.143. The summed E-state index contributed by atoms with van der Waals surface area (Å²) in [5.41, 5.74) is 2.72. The number of hydrogen-bond donors (Lipinski definition) is 1. The number of Topliss-reactive ketones (excluding diaryl/α,β-unsaturated/α-hetero) is 1. The van der Waals surface area contributed by atoms with E-state index in [1.54, 1.807) is 6.92 Å². The highest BCUT2D eigenvalue weighted by Gasteiger charge is 2.24. The Kier molecular flexibility index (Phi) is 7.09. The van der Waals surface area contributed by atoms with Gasteiger partial charge in [0.05, 0.1) is 19.1 Å². The largest absolute Gasteiger partial charge is 0.466 e. The molecular formula is C17H25NO3. The van der Waals surface area contributed by atoms with E-state index in [4.69, 9.17) is 4.74 Å². The van der Waals surface area contributed by atoms with Gasteiger partial charge in [-0.1, -0.05) is 30.7 Å². The Labute approximate surface area is 126 Å². The zero-order valence-corrected chi connectivity index (χ0v) is 13.4. The van der Waals surface area contributed by atoms with E-state index in [1.807, 2.05) is 39.0 Å². The highest BCUT2D eigenvalue weighted by atomic mass is 16.5. The van der Waals surface area contributed by atoms with Crippen molar-refractivity contribution in [2.24, 2.45) is 0 Å². The number of ketones is 1. The third kappa shape index (κ3) is 5.31. The summed E-state index contributed by atoms with van der Waals surface area (Å²) in [5.74, 6) is -0.391. The van der Waals surface area contributed by atoms with Crippen molar-refractivity contribution in [2.45, 2.75) is 46.6 Å². The van der Waals surface area contributed by atoms with Gasteiger partial charge in [-0.2, -0.15) is 0 Å². The molecule has 116 valence electrons. The van der Waals surface area contributed by atoms with Crippen LogP contribution in [-0.4, -0.2) is 30.9 Å². The second-order valence-electron chi connectivity index (χ2n) is 5.20. The normalized spacial score (nSPS) is 12.0. The van der Waals surface area contributed by atoms with Crippen molar-refractivity contribution < 1.29 is 14.3 Å². The van der Waals surface area contributed by atoms with Crippen molar-refractivity contribution >= 4 is 11.8 Å². The summed E-state index contributed by atoms with van der Waals surface area (Å²) in [7, 11) is 0. The molecule has 0 saturated heterocycles. The maximum absolute atomic E-state index is 12.7. The molecule has 4 heteroatoms. The van der Waals surface area contributed by atoms with Gasteiger partial charge in [-0.05, 0) is 39.3 Å². The SMILES string of the molecule is CCCNC(CC(=O)OCC)C(=O)c1ccc(C)cc1C. The van der Waals surface area contributed by atoms with Crippen molar-refractivity contribution in [3.8, 4) is 0 Å². The smallest absolute Gasteiger partial charge is 0.307 e. The maximum Gasteiger partial charge on any atom is 0.307 e. The highest BCUT2D eigenvalue weighted by molar-refractivity contribution is 6.03. The molecule has 0 fully saturated rings. The molecule has 0 radical (unpaired) electrons. The summed E-state index contributed by atoms with van der Waals surface area (Å²) in [6, 6.07) is 5.21. The Morgan fingerprint density at radius 2 is 1.95 bits per heavy atom. The minimum atomic E-state index is -0.523. The Hall–Kier alpha value is -1.68. The van der Waals surface area contributed by atoms with E-state index in [-0.39, 0.29) is 18.2 Å². The summed E-state index contributed by atoms with van der Waals surface area (Å²) >= 11 is 0. The molecule has 21 heavy (non-hydrogen) atoms. The minimum Gasteiger partial charge on any atom is -0.466 e. The van der Waals surface area contributed by atoms with Crippen LogP contribution >= 0.6 is 0 Å². The molecule has 4 nitrogen and oxygen atoms in total. The standard InChI is InChI=1S/C17H25NO3/c1-5-9-18-15(11-16(19)21-6-2)17(20)14-8-7-12(3)10-13(14)4/h7-8,10,15,18H,5-6,9,11H2,1-4H3. The van der Waals surface area contributed by atoms with Gasteiger partial charge in [-0.3, -0.25) is 9.59 Å². The summed E-state index contributed by atoms with van der Waals surface area (Å²) in [5, 5.41) is 3.15. The van der Waals surface area contributed by atoms with Crippen molar-refractivity contribution in [1.29, 1.82) is 0 Å². The second-order valence-corrected chi connectivity index (χ2v) is 5.20. The Balaban J connectivity index is 2.90. The molecule has 0 aliphatic heterocycles. The molecule has 1 unspecified atom stereocenters. The molecule has 0 aromatic heterocycles. The van der Waals surface area contributed by atoms with Gasteiger partial charge >= 0.3 is 5.97 Å². The first-order chi connectivity index (χ1) is 9.99. The third-order valence-corrected chi connectivity index (χ3v) is 3.28. The monoisotopic (exact) mass is 291 g/mol. The molecule has 1 atom stereocenters. The predicted molar refractivity (Wildman–Crippen MR) is 83.6 cm³/mol. The van der Waals surface area contributed by atoms with E-state index in [9.17, 15) is 9.59 Å². The van der Waals surface area contributed by atoms with Gasteiger partial charge in [-0.25, -0.2) is 0 Å². The van der Waals surface area contributed by atoms with Crippen LogP contribution in [0.25, 0.3) is 0 Å². The fraction of sp³-hybridized carbons (Fsp3) is 0.529. The number of ether oxygens (including phenoxy) is 1. The molecule has 0 heterocycles. The first-order valence-electron chi connectivity index (χ1n) is 7.50. The zero-order valence-electron chi connectivity index (χ0n) is 13.4. The van der Waals surface area contributed by atoms with E-state index in [0.29, 0.717) is 18.7 Å². The number of carbonyl (C=O) groups is 2. The number of nitrogens with one attached hydrogen (secondary N) is 1. The van der Waals surface area contributed by atoms with Gasteiger partial charge < -0.3 is 10.1 Å². The van der Waals surface area contributed by atoms with Crippen LogP contribution in [0.15, 0.2) is 18.2 Å². The Morgan fingerprint density at radius 3 is 2.52 bits per heavy atom.